The number of aromatic nitrogens is 4. The van der Waals surface area contributed by atoms with Crippen molar-refractivity contribution >= 4 is 17.7 Å². The number of pyridine rings is 1. The number of hydrogen-bond acceptors (Lipinski definition) is 7. The monoisotopic (exact) mass is 401 g/mol. The van der Waals surface area contributed by atoms with E-state index in [0.717, 1.165) is 5.69 Å². The third-order valence-electron chi connectivity index (χ3n) is 4.10. The average Bonchev–Trinajstić information content (AvgIpc) is 3.39. The van der Waals surface area contributed by atoms with Crippen LogP contribution in [0, 0.1) is 0 Å². The van der Waals surface area contributed by atoms with Gasteiger partial charge in [0.05, 0.1) is 30.9 Å². The van der Waals surface area contributed by atoms with Gasteiger partial charge in [0.15, 0.2) is 16.7 Å². The highest BCUT2D eigenvalue weighted by Crippen LogP contribution is 2.24. The van der Waals surface area contributed by atoms with Crippen molar-refractivity contribution in [3.05, 3.63) is 48.5 Å². The van der Waals surface area contributed by atoms with E-state index < -0.39 is 0 Å². The fraction of sp³-hybridized carbons (Fsp3) is 0.368. The molecule has 0 fully saturated rings. The molecule has 0 saturated carbocycles. The highest BCUT2D eigenvalue weighted by Gasteiger charge is 2.19. The summed E-state index contributed by atoms with van der Waals surface area (Å²) < 4.78 is 12.5. The maximum atomic E-state index is 12.8. The Kier molecular flexibility index (Phi) is 7.21. The van der Waals surface area contributed by atoms with E-state index in [1.54, 1.807) is 24.5 Å². The minimum absolute atomic E-state index is 0.00194. The molecule has 3 rings (SSSR count). The first kappa shape index (κ1) is 20.1. The van der Waals surface area contributed by atoms with Gasteiger partial charge in [-0.15, -0.1) is 10.2 Å². The van der Waals surface area contributed by atoms with Gasteiger partial charge in [0.25, 0.3) is 0 Å². The summed E-state index contributed by atoms with van der Waals surface area (Å²) in [7, 11) is 1.62. The zero-order chi connectivity index (χ0) is 19.8. The number of ether oxygens (including phenoxy) is 1. The zero-order valence-corrected chi connectivity index (χ0v) is 16.8. The second kappa shape index (κ2) is 10.0. The van der Waals surface area contributed by atoms with Crippen molar-refractivity contribution in [1.82, 2.24) is 24.6 Å². The number of carbonyl (C=O) groups is 1. The molecule has 3 heterocycles. The van der Waals surface area contributed by atoms with Crippen molar-refractivity contribution < 1.29 is 13.9 Å². The van der Waals surface area contributed by atoms with E-state index in [1.807, 2.05) is 41.8 Å². The van der Waals surface area contributed by atoms with E-state index in [2.05, 4.69) is 15.2 Å². The lowest BCUT2D eigenvalue weighted by Gasteiger charge is -2.22. The van der Waals surface area contributed by atoms with Crippen molar-refractivity contribution in [2.45, 2.75) is 25.2 Å². The molecule has 0 spiro atoms. The predicted molar refractivity (Wildman–Crippen MR) is 106 cm³/mol. The molecule has 8 nitrogen and oxygen atoms in total. The molecular weight excluding hydrogens is 378 g/mol. The lowest BCUT2D eigenvalue weighted by molar-refractivity contribution is -0.129. The van der Waals surface area contributed by atoms with Crippen molar-refractivity contribution in [1.29, 1.82) is 0 Å². The summed E-state index contributed by atoms with van der Waals surface area (Å²) in [5.74, 6) is 1.57. The van der Waals surface area contributed by atoms with Gasteiger partial charge in [-0.05, 0) is 31.2 Å². The largest absolute Gasteiger partial charge is 0.461 e. The number of carbonyl (C=O) groups excluding carboxylic acids is 1. The first-order chi connectivity index (χ1) is 13.7. The number of furan rings is 1. The molecule has 0 atom stereocenters. The number of thioether (sulfide) groups is 1. The summed E-state index contributed by atoms with van der Waals surface area (Å²) in [6.45, 7) is 4.11. The van der Waals surface area contributed by atoms with Gasteiger partial charge in [-0.25, -0.2) is 0 Å². The maximum absolute atomic E-state index is 12.8. The SMILES string of the molecule is CCn1c(SCC(=O)N(CCOC)Cc2ccccn2)nnc1-c1ccco1. The van der Waals surface area contributed by atoms with Crippen LogP contribution in [0.5, 0.6) is 0 Å². The van der Waals surface area contributed by atoms with Crippen LogP contribution in [0.15, 0.2) is 52.4 Å². The first-order valence-corrected chi connectivity index (χ1v) is 9.98. The summed E-state index contributed by atoms with van der Waals surface area (Å²) in [4.78, 5) is 18.9. The van der Waals surface area contributed by atoms with Crippen LogP contribution in [0.25, 0.3) is 11.6 Å². The van der Waals surface area contributed by atoms with E-state index in [4.69, 9.17) is 9.15 Å². The first-order valence-electron chi connectivity index (χ1n) is 8.99. The quantitative estimate of drug-likeness (QED) is 0.483. The van der Waals surface area contributed by atoms with E-state index >= 15 is 0 Å². The molecule has 0 bridgehead atoms. The Morgan fingerprint density at radius 1 is 1.29 bits per heavy atom. The van der Waals surface area contributed by atoms with E-state index in [0.29, 0.717) is 43.0 Å². The topological polar surface area (TPSA) is 86.3 Å². The van der Waals surface area contributed by atoms with Crippen molar-refractivity contribution in [3.63, 3.8) is 0 Å². The molecule has 3 aromatic heterocycles. The van der Waals surface area contributed by atoms with Gasteiger partial charge in [-0.3, -0.25) is 14.3 Å². The Labute approximate surface area is 167 Å². The lowest BCUT2D eigenvalue weighted by Crippen LogP contribution is -2.35. The van der Waals surface area contributed by atoms with Crippen LogP contribution in [0.3, 0.4) is 0 Å². The second-order valence-electron chi connectivity index (χ2n) is 5.95. The standard InChI is InChI=1S/C19H23N5O3S/c1-3-24-18(16-8-6-11-27-16)21-22-19(24)28-14-17(25)23(10-12-26-2)13-15-7-4-5-9-20-15/h4-9,11H,3,10,12-14H2,1-2H3. The Morgan fingerprint density at radius 3 is 2.86 bits per heavy atom. The zero-order valence-electron chi connectivity index (χ0n) is 15.9. The number of methoxy groups -OCH3 is 1. The van der Waals surface area contributed by atoms with Gasteiger partial charge in [0.2, 0.25) is 5.91 Å². The lowest BCUT2D eigenvalue weighted by atomic mass is 10.3. The predicted octanol–water partition coefficient (Wildman–Crippen LogP) is 2.72. The normalized spacial score (nSPS) is 10.9. The molecule has 1 amide bonds. The highest BCUT2D eigenvalue weighted by molar-refractivity contribution is 7.99. The fourth-order valence-electron chi connectivity index (χ4n) is 2.67. The van der Waals surface area contributed by atoms with Gasteiger partial charge in [-0.1, -0.05) is 17.8 Å². The van der Waals surface area contributed by atoms with Crippen LogP contribution >= 0.6 is 11.8 Å². The number of rotatable bonds is 10. The number of nitrogens with zero attached hydrogens (tertiary/aromatic N) is 5. The summed E-state index contributed by atoms with van der Waals surface area (Å²) >= 11 is 1.37. The van der Waals surface area contributed by atoms with E-state index in [1.165, 1.54) is 11.8 Å². The Balaban J connectivity index is 1.67. The molecule has 0 aliphatic rings. The summed E-state index contributed by atoms with van der Waals surface area (Å²) in [5, 5.41) is 9.13. The summed E-state index contributed by atoms with van der Waals surface area (Å²) in [6, 6.07) is 9.33. The van der Waals surface area contributed by atoms with Crippen LogP contribution < -0.4 is 0 Å². The molecule has 0 aliphatic heterocycles. The molecule has 3 aromatic rings. The van der Waals surface area contributed by atoms with Crippen molar-refractivity contribution in [2.75, 3.05) is 26.0 Å². The van der Waals surface area contributed by atoms with E-state index in [-0.39, 0.29) is 11.7 Å². The molecule has 0 N–H and O–H groups in total. The Morgan fingerprint density at radius 2 is 2.18 bits per heavy atom. The molecular formula is C19H23N5O3S. The molecule has 0 aliphatic carbocycles. The molecule has 9 heteroatoms. The number of amides is 1. The summed E-state index contributed by atoms with van der Waals surface area (Å²) in [6.07, 6.45) is 3.33. The van der Waals surface area contributed by atoms with Crippen LogP contribution in [-0.4, -0.2) is 56.6 Å². The molecule has 0 unspecified atom stereocenters. The molecule has 0 radical (unpaired) electrons. The van der Waals surface area contributed by atoms with Gasteiger partial charge < -0.3 is 14.1 Å². The second-order valence-corrected chi connectivity index (χ2v) is 6.89. The van der Waals surface area contributed by atoms with Crippen LogP contribution in [0.2, 0.25) is 0 Å². The third-order valence-corrected chi connectivity index (χ3v) is 5.05. The van der Waals surface area contributed by atoms with Crippen LogP contribution in [-0.2, 0) is 22.6 Å². The smallest absolute Gasteiger partial charge is 0.233 e. The van der Waals surface area contributed by atoms with E-state index in [9.17, 15) is 4.79 Å². The molecule has 0 saturated heterocycles. The fourth-order valence-corrected chi connectivity index (χ4v) is 3.57. The van der Waals surface area contributed by atoms with Crippen LogP contribution in [0.4, 0.5) is 0 Å². The molecule has 148 valence electrons. The van der Waals surface area contributed by atoms with Crippen LogP contribution in [0.1, 0.15) is 12.6 Å². The maximum Gasteiger partial charge on any atom is 0.233 e. The third kappa shape index (κ3) is 4.99. The number of hydrogen-bond donors (Lipinski definition) is 0. The Hall–Kier alpha value is -2.65. The summed E-state index contributed by atoms with van der Waals surface area (Å²) in [5.41, 5.74) is 0.841. The van der Waals surface area contributed by atoms with Gasteiger partial charge in [0, 0.05) is 26.4 Å². The van der Waals surface area contributed by atoms with Crippen molar-refractivity contribution in [2.24, 2.45) is 0 Å². The Bertz CT molecular complexity index is 867. The molecule has 28 heavy (non-hydrogen) atoms. The molecule has 0 aromatic carbocycles. The van der Waals surface area contributed by atoms with Crippen molar-refractivity contribution in [3.8, 4) is 11.6 Å². The average molecular weight is 401 g/mol. The van der Waals surface area contributed by atoms with Gasteiger partial charge in [0.1, 0.15) is 0 Å². The highest BCUT2D eigenvalue weighted by atomic mass is 32.2. The minimum atomic E-state index is -0.00194. The van der Waals surface area contributed by atoms with Gasteiger partial charge >= 0.3 is 0 Å². The van der Waals surface area contributed by atoms with Gasteiger partial charge in [-0.2, -0.15) is 0 Å². The minimum Gasteiger partial charge on any atom is -0.461 e.